The van der Waals surface area contributed by atoms with Crippen LogP contribution in [0.25, 0.3) is 0 Å². The molecule has 2 N–H and O–H groups in total. The van der Waals surface area contributed by atoms with E-state index in [-0.39, 0.29) is 18.5 Å². The summed E-state index contributed by atoms with van der Waals surface area (Å²) < 4.78 is 39.3. The minimum atomic E-state index is -4.40. The minimum absolute atomic E-state index is 0.0756. The van der Waals surface area contributed by atoms with E-state index in [0.29, 0.717) is 31.5 Å². The Hall–Kier alpha value is -2.38. The lowest BCUT2D eigenvalue weighted by molar-refractivity contribution is -0.138. The van der Waals surface area contributed by atoms with Crippen molar-refractivity contribution in [2.24, 2.45) is 0 Å². The monoisotopic (exact) mass is 406 g/mol. The van der Waals surface area contributed by atoms with Gasteiger partial charge in [0.15, 0.2) is 0 Å². The number of nitrogens with zero attached hydrogens (tertiary/aromatic N) is 1. The number of fused-ring (bicyclic) bond motifs is 1. The second-order valence-corrected chi connectivity index (χ2v) is 7.43. The summed E-state index contributed by atoms with van der Waals surface area (Å²) in [4.78, 5) is 14.6. The Morgan fingerprint density at radius 1 is 1.24 bits per heavy atom. The van der Waals surface area contributed by atoms with Crippen LogP contribution >= 0.6 is 0 Å². The van der Waals surface area contributed by atoms with Gasteiger partial charge in [-0.15, -0.1) is 0 Å². The second-order valence-electron chi connectivity index (χ2n) is 7.43. The maximum atomic E-state index is 13.1. The Balaban J connectivity index is 1.85. The molecule has 2 atom stereocenters. The predicted octanol–water partition coefficient (Wildman–Crippen LogP) is 3.34. The van der Waals surface area contributed by atoms with Crippen LogP contribution in [0.15, 0.2) is 48.5 Å². The topological polar surface area (TPSA) is 52.6 Å². The number of nitrogens with one attached hydrogen (secondary N) is 1. The van der Waals surface area contributed by atoms with Crippen molar-refractivity contribution >= 4 is 5.91 Å². The van der Waals surface area contributed by atoms with E-state index in [4.69, 9.17) is 0 Å². The Labute approximate surface area is 168 Å². The molecule has 0 saturated heterocycles. The van der Waals surface area contributed by atoms with Gasteiger partial charge in [-0.25, -0.2) is 0 Å². The van der Waals surface area contributed by atoms with Gasteiger partial charge >= 0.3 is 6.18 Å². The molecule has 1 aliphatic heterocycles. The summed E-state index contributed by atoms with van der Waals surface area (Å²) in [6, 6.07) is 12.7. The van der Waals surface area contributed by atoms with E-state index in [9.17, 15) is 23.1 Å². The fraction of sp³-hybridized carbons (Fsp3) is 0.409. The first-order valence-corrected chi connectivity index (χ1v) is 9.68. The molecule has 0 aliphatic carbocycles. The second kappa shape index (κ2) is 8.97. The summed E-state index contributed by atoms with van der Waals surface area (Å²) in [6.45, 7) is 2.52. The van der Waals surface area contributed by atoms with Gasteiger partial charge < -0.3 is 15.3 Å². The molecule has 0 spiro atoms. The molecule has 2 aromatic rings. The number of amides is 1. The molecule has 1 aliphatic rings. The van der Waals surface area contributed by atoms with E-state index < -0.39 is 17.8 Å². The molecular formula is C22H25F3N2O2. The summed E-state index contributed by atoms with van der Waals surface area (Å²) in [6.07, 6.45) is -3.95. The summed E-state index contributed by atoms with van der Waals surface area (Å²) in [5, 5.41) is 12.3. The SMILES string of the molecule is CC(O)CNCC(=O)N1CCc2ccccc2C1Cc1cccc(C(F)(F)F)c1. The van der Waals surface area contributed by atoms with Crippen LogP contribution in [-0.4, -0.2) is 41.7 Å². The molecule has 1 amide bonds. The lowest BCUT2D eigenvalue weighted by Crippen LogP contribution is -2.45. The maximum absolute atomic E-state index is 13.1. The number of hydrogen-bond acceptors (Lipinski definition) is 3. The highest BCUT2D eigenvalue weighted by Crippen LogP contribution is 2.34. The third kappa shape index (κ3) is 5.36. The zero-order valence-electron chi connectivity index (χ0n) is 16.2. The minimum Gasteiger partial charge on any atom is -0.392 e. The average molecular weight is 406 g/mol. The zero-order chi connectivity index (χ0) is 21.0. The van der Waals surface area contributed by atoms with Crippen LogP contribution in [0.4, 0.5) is 13.2 Å². The molecule has 2 unspecified atom stereocenters. The largest absolute Gasteiger partial charge is 0.416 e. The van der Waals surface area contributed by atoms with Crippen molar-refractivity contribution in [3.05, 3.63) is 70.8 Å². The van der Waals surface area contributed by atoms with E-state index in [1.165, 1.54) is 6.07 Å². The number of benzene rings is 2. The first kappa shape index (κ1) is 21.3. The van der Waals surface area contributed by atoms with Crippen LogP contribution in [0.1, 0.15) is 35.2 Å². The number of rotatable bonds is 6. The zero-order valence-corrected chi connectivity index (χ0v) is 16.2. The van der Waals surface area contributed by atoms with Crippen molar-refractivity contribution in [2.75, 3.05) is 19.6 Å². The standard InChI is InChI=1S/C22H25F3N2O2/c1-15(28)13-26-14-21(29)27-10-9-17-6-2-3-8-19(17)20(27)12-16-5-4-7-18(11-16)22(23,24)25/h2-8,11,15,20,26,28H,9-10,12-14H2,1H3. The molecule has 4 nitrogen and oxygen atoms in total. The number of alkyl halides is 3. The number of aliphatic hydroxyl groups is 1. The highest BCUT2D eigenvalue weighted by atomic mass is 19.4. The third-order valence-corrected chi connectivity index (χ3v) is 5.13. The number of hydrogen-bond donors (Lipinski definition) is 2. The van der Waals surface area contributed by atoms with Gasteiger partial charge in [-0.2, -0.15) is 13.2 Å². The molecule has 0 radical (unpaired) electrons. The summed E-state index contributed by atoms with van der Waals surface area (Å²) in [5.74, 6) is -0.128. The molecule has 0 fully saturated rings. The molecule has 0 aromatic heterocycles. The number of carbonyl (C=O) groups is 1. The fourth-order valence-electron chi connectivity index (χ4n) is 3.76. The first-order chi connectivity index (χ1) is 13.8. The van der Waals surface area contributed by atoms with E-state index >= 15 is 0 Å². The van der Waals surface area contributed by atoms with Gasteiger partial charge in [-0.1, -0.05) is 42.5 Å². The van der Waals surface area contributed by atoms with Crippen molar-refractivity contribution in [2.45, 2.75) is 38.1 Å². The van der Waals surface area contributed by atoms with Crippen LogP contribution in [0.3, 0.4) is 0 Å². The Kier molecular flexibility index (Phi) is 6.59. The quantitative estimate of drug-likeness (QED) is 0.774. The highest BCUT2D eigenvalue weighted by Gasteiger charge is 2.33. The van der Waals surface area contributed by atoms with Crippen molar-refractivity contribution in [3.63, 3.8) is 0 Å². The van der Waals surface area contributed by atoms with Gasteiger partial charge in [0, 0.05) is 13.1 Å². The Morgan fingerprint density at radius 3 is 2.72 bits per heavy atom. The lowest BCUT2D eigenvalue weighted by Gasteiger charge is -2.38. The van der Waals surface area contributed by atoms with Gasteiger partial charge in [0.2, 0.25) is 5.91 Å². The Bertz CT molecular complexity index is 852. The van der Waals surface area contributed by atoms with Gasteiger partial charge in [0.1, 0.15) is 0 Å². The van der Waals surface area contributed by atoms with Gasteiger partial charge in [0.25, 0.3) is 0 Å². The first-order valence-electron chi connectivity index (χ1n) is 9.68. The van der Waals surface area contributed by atoms with Gasteiger partial charge in [0.05, 0.1) is 24.3 Å². The summed E-state index contributed by atoms with van der Waals surface area (Å²) in [7, 11) is 0. The molecule has 3 rings (SSSR count). The van der Waals surface area contributed by atoms with E-state index in [1.54, 1.807) is 17.9 Å². The van der Waals surface area contributed by atoms with E-state index in [0.717, 1.165) is 23.3 Å². The fourth-order valence-corrected chi connectivity index (χ4v) is 3.76. The van der Waals surface area contributed by atoms with Gasteiger partial charge in [-0.3, -0.25) is 4.79 Å². The summed E-state index contributed by atoms with van der Waals surface area (Å²) in [5.41, 5.74) is 1.94. The Morgan fingerprint density at radius 2 is 2.00 bits per heavy atom. The van der Waals surface area contributed by atoms with Crippen LogP contribution in [0.2, 0.25) is 0 Å². The van der Waals surface area contributed by atoms with Crippen molar-refractivity contribution < 1.29 is 23.1 Å². The molecule has 0 bridgehead atoms. The normalized spacial score (nSPS) is 17.7. The molecule has 7 heteroatoms. The molecule has 29 heavy (non-hydrogen) atoms. The molecular weight excluding hydrogens is 381 g/mol. The van der Waals surface area contributed by atoms with Crippen molar-refractivity contribution in [3.8, 4) is 0 Å². The maximum Gasteiger partial charge on any atom is 0.416 e. The van der Waals surface area contributed by atoms with Crippen LogP contribution in [-0.2, 0) is 23.8 Å². The molecule has 2 aromatic carbocycles. The summed E-state index contributed by atoms with van der Waals surface area (Å²) >= 11 is 0. The number of carbonyl (C=O) groups excluding carboxylic acids is 1. The molecule has 1 heterocycles. The molecule has 156 valence electrons. The van der Waals surface area contributed by atoms with Crippen molar-refractivity contribution in [1.82, 2.24) is 10.2 Å². The van der Waals surface area contributed by atoms with E-state index in [1.807, 2.05) is 24.3 Å². The van der Waals surface area contributed by atoms with E-state index in [2.05, 4.69) is 5.32 Å². The lowest BCUT2D eigenvalue weighted by atomic mass is 9.88. The average Bonchev–Trinajstić information content (AvgIpc) is 2.67. The number of aliphatic hydroxyl groups excluding tert-OH is 1. The number of halogens is 3. The van der Waals surface area contributed by atoms with Crippen molar-refractivity contribution in [1.29, 1.82) is 0 Å². The smallest absolute Gasteiger partial charge is 0.392 e. The third-order valence-electron chi connectivity index (χ3n) is 5.13. The van der Waals surface area contributed by atoms with Gasteiger partial charge in [-0.05, 0) is 42.5 Å². The van der Waals surface area contributed by atoms with Crippen LogP contribution in [0, 0.1) is 0 Å². The molecule has 0 saturated carbocycles. The van der Waals surface area contributed by atoms with Crippen LogP contribution < -0.4 is 5.32 Å². The highest BCUT2D eigenvalue weighted by molar-refractivity contribution is 5.79. The van der Waals surface area contributed by atoms with Crippen LogP contribution in [0.5, 0.6) is 0 Å². The predicted molar refractivity (Wildman–Crippen MR) is 104 cm³/mol.